The van der Waals surface area contributed by atoms with Crippen molar-refractivity contribution in [2.24, 2.45) is 0 Å². The van der Waals surface area contributed by atoms with Gasteiger partial charge in [0.1, 0.15) is 5.69 Å². The van der Waals surface area contributed by atoms with Gasteiger partial charge < -0.3 is 15.6 Å². The van der Waals surface area contributed by atoms with E-state index in [2.05, 4.69) is 15.6 Å². The second-order valence-corrected chi connectivity index (χ2v) is 4.84. The number of amides is 1. The molecule has 106 valence electrons. The summed E-state index contributed by atoms with van der Waals surface area (Å²) >= 11 is 0. The van der Waals surface area contributed by atoms with Crippen molar-refractivity contribution in [1.29, 1.82) is 0 Å². The molecule has 1 aliphatic rings. The summed E-state index contributed by atoms with van der Waals surface area (Å²) in [5.74, 6) is -0.139. The fourth-order valence-electron chi connectivity index (χ4n) is 2.54. The van der Waals surface area contributed by atoms with Gasteiger partial charge in [-0.2, -0.15) is 0 Å². The number of hydrogen-bond acceptors (Lipinski definition) is 3. The summed E-state index contributed by atoms with van der Waals surface area (Å²) in [6, 6.07) is 0.182. The van der Waals surface area contributed by atoms with E-state index in [1.165, 1.54) is 6.92 Å². The summed E-state index contributed by atoms with van der Waals surface area (Å²) < 4.78 is 0. The van der Waals surface area contributed by atoms with Crippen molar-refractivity contribution in [3.63, 3.8) is 0 Å². The lowest BCUT2D eigenvalue weighted by Crippen LogP contribution is -2.36. The molecule has 1 aromatic heterocycles. The summed E-state index contributed by atoms with van der Waals surface area (Å²) in [7, 11) is 0. The summed E-state index contributed by atoms with van der Waals surface area (Å²) in [6.07, 6.45) is 0.948. The number of rotatable bonds is 3. The van der Waals surface area contributed by atoms with Crippen molar-refractivity contribution in [3.05, 3.63) is 22.5 Å². The predicted molar refractivity (Wildman–Crippen MR) is 76.3 cm³/mol. The van der Waals surface area contributed by atoms with Crippen LogP contribution in [0.25, 0.3) is 0 Å². The number of aromatic nitrogens is 1. The van der Waals surface area contributed by atoms with Gasteiger partial charge in [0.15, 0.2) is 5.78 Å². The second kappa shape index (κ2) is 6.21. The number of carbonyl (C=O) groups excluding carboxylic acids is 2. The number of hydrogen-bond donors (Lipinski definition) is 3. The second-order valence-electron chi connectivity index (χ2n) is 4.84. The Kier molecular flexibility index (Phi) is 5.14. The number of nitrogens with one attached hydrogen (secondary N) is 3. The van der Waals surface area contributed by atoms with E-state index in [1.54, 1.807) is 0 Å². The number of ketones is 1. The molecule has 6 heteroatoms. The SMILES string of the molecule is CC(=O)c1c(C)[nH]c(C(=O)NC2CCNC2)c1C.Cl. The Bertz CT molecular complexity index is 490. The molecule has 19 heavy (non-hydrogen) atoms. The van der Waals surface area contributed by atoms with Crippen molar-refractivity contribution < 1.29 is 9.59 Å². The number of carbonyl (C=O) groups is 2. The van der Waals surface area contributed by atoms with Crippen molar-refractivity contribution >= 4 is 24.1 Å². The maximum absolute atomic E-state index is 12.1. The van der Waals surface area contributed by atoms with Gasteiger partial charge in [-0.15, -0.1) is 12.4 Å². The highest BCUT2D eigenvalue weighted by atomic mass is 35.5. The fraction of sp³-hybridized carbons (Fsp3) is 0.538. The van der Waals surface area contributed by atoms with E-state index in [0.29, 0.717) is 11.3 Å². The molecule has 0 aliphatic carbocycles. The van der Waals surface area contributed by atoms with Crippen LogP contribution in [-0.4, -0.2) is 35.8 Å². The van der Waals surface area contributed by atoms with E-state index in [1.807, 2.05) is 13.8 Å². The third kappa shape index (κ3) is 3.16. The normalized spacial score (nSPS) is 17.9. The minimum absolute atomic E-state index is 0. The first kappa shape index (κ1) is 15.7. The van der Waals surface area contributed by atoms with Crippen molar-refractivity contribution in [2.45, 2.75) is 33.2 Å². The molecule has 5 nitrogen and oxygen atoms in total. The van der Waals surface area contributed by atoms with Crippen LogP contribution in [0.3, 0.4) is 0 Å². The van der Waals surface area contributed by atoms with Gasteiger partial charge in [-0.3, -0.25) is 9.59 Å². The molecule has 1 aliphatic heterocycles. The quantitative estimate of drug-likeness (QED) is 0.734. The molecule has 0 saturated carbocycles. The molecule has 0 radical (unpaired) electrons. The van der Waals surface area contributed by atoms with Gasteiger partial charge in [0, 0.05) is 23.8 Å². The van der Waals surface area contributed by atoms with Crippen LogP contribution in [0.2, 0.25) is 0 Å². The highest BCUT2D eigenvalue weighted by Gasteiger charge is 2.22. The van der Waals surface area contributed by atoms with Crippen LogP contribution in [0, 0.1) is 13.8 Å². The first-order valence-electron chi connectivity index (χ1n) is 6.22. The molecule has 1 saturated heterocycles. The van der Waals surface area contributed by atoms with Crippen LogP contribution in [0.1, 0.15) is 45.4 Å². The van der Waals surface area contributed by atoms with Crippen molar-refractivity contribution in [2.75, 3.05) is 13.1 Å². The number of aromatic amines is 1. The Morgan fingerprint density at radius 1 is 1.32 bits per heavy atom. The lowest BCUT2D eigenvalue weighted by atomic mass is 10.1. The average molecular weight is 286 g/mol. The van der Waals surface area contributed by atoms with Gasteiger partial charge in [0.05, 0.1) is 0 Å². The zero-order valence-corrected chi connectivity index (χ0v) is 12.2. The zero-order valence-electron chi connectivity index (χ0n) is 11.4. The molecule has 2 heterocycles. The predicted octanol–water partition coefficient (Wildman–Crippen LogP) is 1.35. The lowest BCUT2D eigenvalue weighted by Gasteiger charge is -2.10. The minimum atomic E-state index is -0.128. The summed E-state index contributed by atoms with van der Waals surface area (Å²) in [5, 5.41) is 6.17. The first-order valence-corrected chi connectivity index (χ1v) is 6.22. The molecule has 1 unspecified atom stereocenters. The van der Waals surface area contributed by atoms with Gasteiger partial charge >= 0.3 is 0 Å². The Labute approximate surface area is 118 Å². The highest BCUT2D eigenvalue weighted by molar-refractivity contribution is 6.02. The molecule has 1 atom stereocenters. The van der Waals surface area contributed by atoms with Crippen LogP contribution in [0.5, 0.6) is 0 Å². The Morgan fingerprint density at radius 2 is 2.00 bits per heavy atom. The Morgan fingerprint density at radius 3 is 2.47 bits per heavy atom. The third-order valence-electron chi connectivity index (χ3n) is 3.41. The molecule has 1 aromatic rings. The lowest BCUT2D eigenvalue weighted by molar-refractivity contribution is 0.0934. The Balaban J connectivity index is 0.00000180. The molecule has 0 bridgehead atoms. The minimum Gasteiger partial charge on any atom is -0.354 e. The molecule has 2 rings (SSSR count). The van der Waals surface area contributed by atoms with Gasteiger partial charge in [0.2, 0.25) is 0 Å². The largest absolute Gasteiger partial charge is 0.354 e. The van der Waals surface area contributed by atoms with E-state index in [-0.39, 0.29) is 30.1 Å². The molecule has 0 aromatic carbocycles. The average Bonchev–Trinajstić information content (AvgIpc) is 2.86. The maximum Gasteiger partial charge on any atom is 0.268 e. The van der Waals surface area contributed by atoms with Gasteiger partial charge in [-0.1, -0.05) is 0 Å². The highest BCUT2D eigenvalue weighted by Crippen LogP contribution is 2.18. The number of Topliss-reactive ketones (excluding diaryl/α,β-unsaturated/α-hetero) is 1. The van der Waals surface area contributed by atoms with Crippen LogP contribution in [-0.2, 0) is 0 Å². The van der Waals surface area contributed by atoms with Gasteiger partial charge in [-0.25, -0.2) is 0 Å². The smallest absolute Gasteiger partial charge is 0.268 e. The number of halogens is 1. The molecule has 1 amide bonds. The van der Waals surface area contributed by atoms with Crippen LogP contribution in [0.4, 0.5) is 0 Å². The summed E-state index contributed by atoms with van der Waals surface area (Å²) in [4.78, 5) is 26.6. The summed E-state index contributed by atoms with van der Waals surface area (Å²) in [6.45, 7) is 6.89. The van der Waals surface area contributed by atoms with Gasteiger partial charge in [0.25, 0.3) is 5.91 Å². The topological polar surface area (TPSA) is 74.0 Å². The third-order valence-corrected chi connectivity index (χ3v) is 3.41. The maximum atomic E-state index is 12.1. The van der Waals surface area contributed by atoms with E-state index in [4.69, 9.17) is 0 Å². The first-order chi connectivity index (χ1) is 8.50. The number of H-pyrrole nitrogens is 1. The molecular weight excluding hydrogens is 266 g/mol. The fourth-order valence-corrected chi connectivity index (χ4v) is 2.54. The Hall–Kier alpha value is -1.33. The van der Waals surface area contributed by atoms with Crippen LogP contribution >= 0.6 is 12.4 Å². The molecule has 0 spiro atoms. The van der Waals surface area contributed by atoms with Crippen molar-refractivity contribution in [3.8, 4) is 0 Å². The summed E-state index contributed by atoms with van der Waals surface area (Å²) in [5.41, 5.74) is 2.63. The standard InChI is InChI=1S/C13H19N3O2.ClH/c1-7-11(9(3)17)8(2)15-12(7)13(18)16-10-4-5-14-6-10;/h10,14-15H,4-6H2,1-3H3,(H,16,18);1H. The zero-order chi connectivity index (χ0) is 13.3. The van der Waals surface area contributed by atoms with E-state index < -0.39 is 0 Å². The van der Waals surface area contributed by atoms with Gasteiger partial charge in [-0.05, 0) is 39.3 Å². The van der Waals surface area contributed by atoms with Crippen molar-refractivity contribution in [1.82, 2.24) is 15.6 Å². The molecule has 3 N–H and O–H groups in total. The van der Waals surface area contributed by atoms with Crippen LogP contribution in [0.15, 0.2) is 0 Å². The van der Waals surface area contributed by atoms with E-state index in [0.717, 1.165) is 30.8 Å². The molecule has 1 fully saturated rings. The molecular formula is C13H20ClN3O2. The number of aryl methyl sites for hydroxylation is 1. The van der Waals surface area contributed by atoms with E-state index in [9.17, 15) is 9.59 Å². The van der Waals surface area contributed by atoms with E-state index >= 15 is 0 Å². The van der Waals surface area contributed by atoms with Crippen LogP contribution < -0.4 is 10.6 Å². The monoisotopic (exact) mass is 285 g/mol.